The lowest BCUT2D eigenvalue weighted by Crippen LogP contribution is -2.35. The van der Waals surface area contributed by atoms with Crippen LogP contribution in [0, 0.1) is 5.92 Å². The van der Waals surface area contributed by atoms with Gasteiger partial charge in [0.05, 0.1) is 12.2 Å². The lowest BCUT2D eigenvalue weighted by Gasteiger charge is -2.34. The normalized spacial score (nSPS) is 28.4. The van der Waals surface area contributed by atoms with E-state index in [0.29, 0.717) is 0 Å². The molecule has 0 aromatic carbocycles. The molecule has 2 nitrogen and oxygen atoms in total. The second kappa shape index (κ2) is 5.31. The number of hydrogen-bond acceptors (Lipinski definition) is 2. The van der Waals surface area contributed by atoms with Crippen molar-refractivity contribution in [3.8, 4) is 0 Å². The summed E-state index contributed by atoms with van der Waals surface area (Å²) in [6.07, 6.45) is 5.38. The van der Waals surface area contributed by atoms with Crippen molar-refractivity contribution in [2.45, 2.75) is 58.1 Å². The molecule has 0 spiro atoms. The lowest BCUT2D eigenvalue weighted by atomic mass is 9.85. The van der Waals surface area contributed by atoms with E-state index in [-0.39, 0.29) is 5.60 Å². The van der Waals surface area contributed by atoms with Crippen molar-refractivity contribution in [3.63, 3.8) is 0 Å². The van der Waals surface area contributed by atoms with Gasteiger partial charge in [0.25, 0.3) is 0 Å². The van der Waals surface area contributed by atoms with Crippen LogP contribution in [-0.2, 0) is 4.74 Å². The third-order valence-electron chi connectivity index (χ3n) is 3.24. The zero-order chi connectivity index (χ0) is 11.5. The molecule has 0 bridgehead atoms. The molecule has 0 radical (unpaired) electrons. The molecule has 0 aromatic rings. The molecule has 0 aromatic heterocycles. The summed E-state index contributed by atoms with van der Waals surface area (Å²) in [6, 6.07) is 0.771. The summed E-state index contributed by atoms with van der Waals surface area (Å²) in [7, 11) is 4.38. The van der Waals surface area contributed by atoms with E-state index in [4.69, 9.17) is 4.74 Å². The highest BCUT2D eigenvalue weighted by Crippen LogP contribution is 2.27. The number of nitrogens with zero attached hydrogens (tertiary/aromatic N) is 1. The summed E-state index contributed by atoms with van der Waals surface area (Å²) in [5.74, 6) is 0.769. The largest absolute Gasteiger partial charge is 0.376 e. The van der Waals surface area contributed by atoms with E-state index in [1.165, 1.54) is 25.7 Å². The van der Waals surface area contributed by atoms with E-state index < -0.39 is 0 Å². The van der Waals surface area contributed by atoms with Crippen molar-refractivity contribution in [1.82, 2.24) is 4.90 Å². The van der Waals surface area contributed by atoms with Crippen molar-refractivity contribution in [3.05, 3.63) is 0 Å². The van der Waals surface area contributed by atoms with Gasteiger partial charge in [0.1, 0.15) is 0 Å². The van der Waals surface area contributed by atoms with Gasteiger partial charge in [-0.2, -0.15) is 0 Å². The SMILES string of the molecule is CN(C)C1CCCC(COC(C)(C)C)C1. The first-order valence-corrected chi connectivity index (χ1v) is 6.19. The fourth-order valence-electron chi connectivity index (χ4n) is 2.25. The van der Waals surface area contributed by atoms with Gasteiger partial charge in [-0.3, -0.25) is 0 Å². The minimum atomic E-state index is 0.0189. The quantitative estimate of drug-likeness (QED) is 0.714. The maximum absolute atomic E-state index is 5.88. The molecule has 90 valence electrons. The average Bonchev–Trinajstić information content (AvgIpc) is 2.14. The van der Waals surface area contributed by atoms with Gasteiger partial charge < -0.3 is 9.64 Å². The van der Waals surface area contributed by atoms with Crippen molar-refractivity contribution < 1.29 is 4.74 Å². The summed E-state index contributed by atoms with van der Waals surface area (Å²) >= 11 is 0. The van der Waals surface area contributed by atoms with Gasteiger partial charge in [-0.25, -0.2) is 0 Å². The van der Waals surface area contributed by atoms with Crippen LogP contribution in [-0.4, -0.2) is 37.2 Å². The van der Waals surface area contributed by atoms with E-state index in [2.05, 4.69) is 39.8 Å². The molecular weight excluding hydrogens is 186 g/mol. The summed E-state index contributed by atoms with van der Waals surface area (Å²) in [5.41, 5.74) is 0.0189. The Morgan fingerprint density at radius 2 is 1.87 bits per heavy atom. The molecule has 0 N–H and O–H groups in total. The number of rotatable bonds is 3. The summed E-state index contributed by atoms with van der Waals surface area (Å²) in [6.45, 7) is 7.35. The molecule has 0 amide bonds. The Hall–Kier alpha value is -0.0800. The number of hydrogen-bond donors (Lipinski definition) is 0. The van der Waals surface area contributed by atoms with Crippen molar-refractivity contribution in [2.75, 3.05) is 20.7 Å². The third-order valence-corrected chi connectivity index (χ3v) is 3.24. The highest BCUT2D eigenvalue weighted by molar-refractivity contribution is 4.78. The van der Waals surface area contributed by atoms with Gasteiger partial charge >= 0.3 is 0 Å². The summed E-state index contributed by atoms with van der Waals surface area (Å²) in [5, 5.41) is 0. The third kappa shape index (κ3) is 4.98. The number of ether oxygens (including phenoxy) is 1. The van der Waals surface area contributed by atoms with Gasteiger partial charge in [-0.05, 0) is 60.0 Å². The molecule has 1 fully saturated rings. The van der Waals surface area contributed by atoms with E-state index >= 15 is 0 Å². The van der Waals surface area contributed by atoms with Crippen molar-refractivity contribution >= 4 is 0 Å². The maximum atomic E-state index is 5.88. The van der Waals surface area contributed by atoms with Crippen molar-refractivity contribution in [1.29, 1.82) is 0 Å². The summed E-state index contributed by atoms with van der Waals surface area (Å²) < 4.78 is 5.88. The molecule has 0 aliphatic heterocycles. The van der Waals surface area contributed by atoms with Crippen LogP contribution in [0.4, 0.5) is 0 Å². The smallest absolute Gasteiger partial charge is 0.0598 e. The first-order chi connectivity index (χ1) is 6.88. The fourth-order valence-corrected chi connectivity index (χ4v) is 2.25. The van der Waals surface area contributed by atoms with Crippen LogP contribution >= 0.6 is 0 Å². The molecule has 2 heteroatoms. The predicted octanol–water partition coefficient (Wildman–Crippen LogP) is 2.92. The van der Waals surface area contributed by atoms with Gasteiger partial charge in [-0.15, -0.1) is 0 Å². The minimum absolute atomic E-state index is 0.0189. The summed E-state index contributed by atoms with van der Waals surface area (Å²) in [4.78, 5) is 2.36. The average molecular weight is 213 g/mol. The highest BCUT2D eigenvalue weighted by Gasteiger charge is 2.24. The van der Waals surface area contributed by atoms with Crippen LogP contribution in [0.1, 0.15) is 46.5 Å². The predicted molar refractivity (Wildman–Crippen MR) is 65.1 cm³/mol. The molecule has 1 aliphatic rings. The first-order valence-electron chi connectivity index (χ1n) is 6.19. The second-order valence-corrected chi connectivity index (χ2v) is 6.07. The van der Waals surface area contributed by atoms with Gasteiger partial charge in [-0.1, -0.05) is 6.42 Å². The Bertz CT molecular complexity index is 183. The van der Waals surface area contributed by atoms with Gasteiger partial charge in [0.2, 0.25) is 0 Å². The molecule has 1 rings (SSSR count). The zero-order valence-electron chi connectivity index (χ0n) is 11.0. The van der Waals surface area contributed by atoms with Gasteiger partial charge in [0, 0.05) is 6.04 Å². The topological polar surface area (TPSA) is 12.5 Å². The van der Waals surface area contributed by atoms with Crippen LogP contribution in [0.3, 0.4) is 0 Å². The monoisotopic (exact) mass is 213 g/mol. The first kappa shape index (κ1) is 13.0. The molecular formula is C13H27NO. The molecule has 1 saturated carbocycles. The van der Waals surface area contributed by atoms with E-state index in [1.54, 1.807) is 0 Å². The van der Waals surface area contributed by atoms with Crippen LogP contribution in [0.2, 0.25) is 0 Å². The molecule has 1 aliphatic carbocycles. The van der Waals surface area contributed by atoms with Gasteiger partial charge in [0.15, 0.2) is 0 Å². The standard InChI is InChI=1S/C13H27NO/c1-13(2,3)15-10-11-7-6-8-12(9-11)14(4)5/h11-12H,6-10H2,1-5H3. The van der Waals surface area contributed by atoms with E-state index in [9.17, 15) is 0 Å². The Morgan fingerprint density at radius 3 is 2.40 bits per heavy atom. The molecule has 15 heavy (non-hydrogen) atoms. The highest BCUT2D eigenvalue weighted by atomic mass is 16.5. The van der Waals surface area contributed by atoms with E-state index in [0.717, 1.165) is 18.6 Å². The molecule has 0 saturated heterocycles. The Labute approximate surface area is 95.0 Å². The lowest BCUT2D eigenvalue weighted by molar-refractivity contribution is -0.0329. The zero-order valence-corrected chi connectivity index (χ0v) is 11.0. The van der Waals surface area contributed by atoms with Crippen LogP contribution < -0.4 is 0 Å². The molecule has 0 heterocycles. The fraction of sp³-hybridized carbons (Fsp3) is 1.00. The Balaban J connectivity index is 2.30. The van der Waals surface area contributed by atoms with Crippen LogP contribution in [0.5, 0.6) is 0 Å². The minimum Gasteiger partial charge on any atom is -0.376 e. The van der Waals surface area contributed by atoms with Crippen molar-refractivity contribution in [2.24, 2.45) is 5.92 Å². The Kier molecular flexibility index (Phi) is 4.60. The van der Waals surface area contributed by atoms with Crippen LogP contribution in [0.15, 0.2) is 0 Å². The molecule has 2 unspecified atom stereocenters. The van der Waals surface area contributed by atoms with Crippen LogP contribution in [0.25, 0.3) is 0 Å². The molecule has 2 atom stereocenters. The maximum Gasteiger partial charge on any atom is 0.0598 e. The second-order valence-electron chi connectivity index (χ2n) is 6.07. The van der Waals surface area contributed by atoms with E-state index in [1.807, 2.05) is 0 Å². The Morgan fingerprint density at radius 1 is 1.20 bits per heavy atom.